The Balaban J connectivity index is 2.16. The average Bonchev–Trinajstić information content (AvgIpc) is 2.53. The van der Waals surface area contributed by atoms with Crippen LogP contribution in [0.4, 0.5) is 11.4 Å². The number of nitrogens with zero attached hydrogens (tertiary/aromatic N) is 2. The summed E-state index contributed by atoms with van der Waals surface area (Å²) >= 11 is 0. The summed E-state index contributed by atoms with van der Waals surface area (Å²) in [5.74, 6) is 0.355. The molecule has 0 radical (unpaired) electrons. The van der Waals surface area contributed by atoms with Crippen LogP contribution in [-0.4, -0.2) is 34.7 Å². The zero-order valence-corrected chi connectivity index (χ0v) is 14.1. The first-order valence-corrected chi connectivity index (χ1v) is 7.75. The summed E-state index contributed by atoms with van der Waals surface area (Å²) in [4.78, 5) is 4.24. The predicted octanol–water partition coefficient (Wildman–Crippen LogP) is 3.10. The molecule has 3 nitrogen and oxygen atoms in total. The Hall–Kier alpha value is -2.00. The van der Waals surface area contributed by atoms with Crippen LogP contribution in [0, 0.1) is 0 Å². The van der Waals surface area contributed by atoms with Crippen LogP contribution in [0.25, 0.3) is 0 Å². The molecule has 1 unspecified atom stereocenters. The third-order valence-electron chi connectivity index (χ3n) is 4.07. The van der Waals surface area contributed by atoms with E-state index in [9.17, 15) is 0 Å². The third kappa shape index (κ3) is 4.01. The highest BCUT2D eigenvalue weighted by molar-refractivity contribution is 5.49. The van der Waals surface area contributed by atoms with Crippen LogP contribution in [0.2, 0.25) is 0 Å². The first-order valence-electron chi connectivity index (χ1n) is 7.75. The van der Waals surface area contributed by atoms with E-state index in [0.29, 0.717) is 12.5 Å². The smallest absolute Gasteiger partial charge is 0.0363 e. The van der Waals surface area contributed by atoms with Crippen molar-refractivity contribution in [1.82, 2.24) is 0 Å². The van der Waals surface area contributed by atoms with E-state index < -0.39 is 0 Å². The van der Waals surface area contributed by atoms with Crippen molar-refractivity contribution in [1.29, 1.82) is 0 Å². The van der Waals surface area contributed by atoms with E-state index in [1.165, 1.54) is 22.5 Å². The maximum atomic E-state index is 6.03. The van der Waals surface area contributed by atoms with E-state index in [2.05, 4.69) is 86.5 Å². The quantitative estimate of drug-likeness (QED) is 0.889. The van der Waals surface area contributed by atoms with Crippen molar-refractivity contribution in [2.24, 2.45) is 5.73 Å². The average molecular weight is 297 g/mol. The molecule has 0 bridgehead atoms. The summed E-state index contributed by atoms with van der Waals surface area (Å²) in [7, 11) is 8.25. The number of rotatable bonds is 6. The van der Waals surface area contributed by atoms with Gasteiger partial charge in [0.25, 0.3) is 0 Å². The lowest BCUT2D eigenvalue weighted by atomic mass is 9.91. The van der Waals surface area contributed by atoms with Crippen molar-refractivity contribution in [3.8, 4) is 0 Å². The van der Waals surface area contributed by atoms with Crippen LogP contribution >= 0.6 is 0 Å². The van der Waals surface area contributed by atoms with Crippen molar-refractivity contribution < 1.29 is 0 Å². The van der Waals surface area contributed by atoms with Gasteiger partial charge in [-0.25, -0.2) is 0 Å². The molecule has 2 N–H and O–H groups in total. The normalized spacial score (nSPS) is 12.0. The number of nitrogens with two attached hydrogens (primary N) is 1. The Morgan fingerprint density at radius 2 is 1.50 bits per heavy atom. The summed E-state index contributed by atoms with van der Waals surface area (Å²) in [6.07, 6.45) is 0.972. The molecule has 0 saturated carbocycles. The Morgan fingerprint density at radius 3 is 2.05 bits per heavy atom. The molecule has 0 aliphatic heterocycles. The number of hydrogen-bond acceptors (Lipinski definition) is 3. The van der Waals surface area contributed by atoms with Crippen molar-refractivity contribution in [3.05, 3.63) is 59.7 Å². The fourth-order valence-corrected chi connectivity index (χ4v) is 2.63. The largest absolute Gasteiger partial charge is 0.378 e. The molecule has 118 valence electrons. The van der Waals surface area contributed by atoms with Crippen LogP contribution in [0.5, 0.6) is 0 Å². The fourth-order valence-electron chi connectivity index (χ4n) is 2.63. The molecule has 2 aromatic carbocycles. The molecule has 3 heteroatoms. The highest BCUT2D eigenvalue weighted by Gasteiger charge is 2.11. The number of benzene rings is 2. The second-order valence-electron chi connectivity index (χ2n) is 6.19. The van der Waals surface area contributed by atoms with Gasteiger partial charge in [-0.05, 0) is 48.4 Å². The molecule has 0 fully saturated rings. The van der Waals surface area contributed by atoms with E-state index in [1.54, 1.807) is 0 Å². The van der Waals surface area contributed by atoms with Crippen molar-refractivity contribution in [3.63, 3.8) is 0 Å². The summed E-state index contributed by atoms with van der Waals surface area (Å²) in [6, 6.07) is 17.4. The highest BCUT2D eigenvalue weighted by Crippen LogP contribution is 2.24. The molecule has 0 heterocycles. The van der Waals surface area contributed by atoms with Crippen molar-refractivity contribution in [2.45, 2.75) is 12.3 Å². The molecule has 2 aromatic rings. The lowest BCUT2D eigenvalue weighted by Crippen LogP contribution is -2.16. The van der Waals surface area contributed by atoms with Gasteiger partial charge in [0.1, 0.15) is 0 Å². The van der Waals surface area contributed by atoms with Gasteiger partial charge >= 0.3 is 0 Å². The molecule has 0 spiro atoms. The topological polar surface area (TPSA) is 32.5 Å². The lowest BCUT2D eigenvalue weighted by Gasteiger charge is -2.19. The Labute approximate surface area is 134 Å². The Bertz CT molecular complexity index is 588. The molecular formula is C19H27N3. The standard InChI is InChI=1S/C19H27N3/c1-21(2)18-10-8-16(9-11-18)17(14-20)12-15-6-5-7-19(13-15)22(3)4/h5-11,13,17H,12,14,20H2,1-4H3. The first-order chi connectivity index (χ1) is 10.5. The maximum Gasteiger partial charge on any atom is 0.0363 e. The zero-order chi connectivity index (χ0) is 16.1. The van der Waals surface area contributed by atoms with Gasteiger partial charge in [-0.1, -0.05) is 24.3 Å². The summed E-state index contributed by atoms with van der Waals surface area (Å²) in [5, 5.41) is 0. The Morgan fingerprint density at radius 1 is 0.864 bits per heavy atom. The summed E-state index contributed by atoms with van der Waals surface area (Å²) in [5.41, 5.74) is 11.1. The van der Waals surface area contributed by atoms with Gasteiger partial charge in [0.05, 0.1) is 0 Å². The molecule has 2 rings (SSSR count). The van der Waals surface area contributed by atoms with Crippen LogP contribution < -0.4 is 15.5 Å². The fraction of sp³-hybridized carbons (Fsp3) is 0.368. The minimum Gasteiger partial charge on any atom is -0.378 e. The minimum absolute atomic E-state index is 0.355. The summed E-state index contributed by atoms with van der Waals surface area (Å²) < 4.78 is 0. The SMILES string of the molecule is CN(C)c1ccc(C(CN)Cc2cccc(N(C)C)c2)cc1. The van der Waals surface area contributed by atoms with Crippen molar-refractivity contribution >= 4 is 11.4 Å². The maximum absolute atomic E-state index is 6.03. The van der Waals surface area contributed by atoms with Gasteiger partial charge < -0.3 is 15.5 Å². The van der Waals surface area contributed by atoms with Crippen LogP contribution in [-0.2, 0) is 6.42 Å². The van der Waals surface area contributed by atoms with Crippen molar-refractivity contribution in [2.75, 3.05) is 44.5 Å². The lowest BCUT2D eigenvalue weighted by molar-refractivity contribution is 0.694. The van der Waals surface area contributed by atoms with Gasteiger partial charge in [0, 0.05) is 45.5 Å². The number of hydrogen-bond donors (Lipinski definition) is 1. The van der Waals surface area contributed by atoms with Gasteiger partial charge in [-0.2, -0.15) is 0 Å². The van der Waals surface area contributed by atoms with E-state index in [4.69, 9.17) is 5.73 Å². The molecule has 22 heavy (non-hydrogen) atoms. The number of anilines is 2. The Kier molecular flexibility index (Phi) is 5.45. The first kappa shape index (κ1) is 16.4. The molecular weight excluding hydrogens is 270 g/mol. The molecule has 0 aromatic heterocycles. The van der Waals surface area contributed by atoms with E-state index in [0.717, 1.165) is 6.42 Å². The van der Waals surface area contributed by atoms with E-state index >= 15 is 0 Å². The van der Waals surface area contributed by atoms with Gasteiger partial charge in [-0.3, -0.25) is 0 Å². The molecule has 0 aliphatic carbocycles. The van der Waals surface area contributed by atoms with E-state index in [1.807, 2.05) is 0 Å². The van der Waals surface area contributed by atoms with Gasteiger partial charge in [0.2, 0.25) is 0 Å². The van der Waals surface area contributed by atoms with Gasteiger partial charge in [-0.15, -0.1) is 0 Å². The molecule has 1 atom stereocenters. The zero-order valence-electron chi connectivity index (χ0n) is 14.1. The summed E-state index contributed by atoms with van der Waals surface area (Å²) in [6.45, 7) is 0.660. The predicted molar refractivity (Wildman–Crippen MR) is 97.0 cm³/mol. The second kappa shape index (κ2) is 7.32. The van der Waals surface area contributed by atoms with Crippen LogP contribution in [0.15, 0.2) is 48.5 Å². The highest BCUT2D eigenvalue weighted by atomic mass is 15.1. The van der Waals surface area contributed by atoms with Gasteiger partial charge in [0.15, 0.2) is 0 Å². The monoisotopic (exact) mass is 297 g/mol. The van der Waals surface area contributed by atoms with Crippen LogP contribution in [0.1, 0.15) is 17.0 Å². The molecule has 0 aliphatic rings. The third-order valence-corrected chi connectivity index (χ3v) is 4.07. The minimum atomic E-state index is 0.355. The van der Waals surface area contributed by atoms with Crippen LogP contribution in [0.3, 0.4) is 0 Å². The second-order valence-corrected chi connectivity index (χ2v) is 6.19. The molecule has 0 amide bonds. The molecule has 0 saturated heterocycles. The van der Waals surface area contributed by atoms with E-state index in [-0.39, 0.29) is 0 Å².